The minimum absolute atomic E-state index is 0.266. The summed E-state index contributed by atoms with van der Waals surface area (Å²) in [4.78, 5) is 14.0. The third-order valence-corrected chi connectivity index (χ3v) is 4.81. The highest BCUT2D eigenvalue weighted by Gasteiger charge is 2.17. The maximum absolute atomic E-state index is 12.1. The van der Waals surface area contributed by atoms with E-state index in [1.807, 2.05) is 30.1 Å². The summed E-state index contributed by atoms with van der Waals surface area (Å²) in [5.41, 5.74) is 1.17. The molecule has 2 nitrogen and oxygen atoms in total. The molecule has 1 aromatic rings. The first-order valence-electron chi connectivity index (χ1n) is 7.14. The highest BCUT2D eigenvalue weighted by molar-refractivity contribution is 9.10. The minimum atomic E-state index is 0.266. The van der Waals surface area contributed by atoms with Gasteiger partial charge in [0.2, 0.25) is 5.91 Å². The maximum atomic E-state index is 12.1. The largest absolute Gasteiger partial charge is 0.341 e. The van der Waals surface area contributed by atoms with Crippen molar-refractivity contribution in [1.29, 1.82) is 0 Å². The number of benzene rings is 1. The second-order valence-corrected chi connectivity index (χ2v) is 6.38. The Labute approximate surface area is 124 Å². The Kier molecular flexibility index (Phi) is 5.44. The Balaban J connectivity index is 1.80. The van der Waals surface area contributed by atoms with Crippen molar-refractivity contribution in [3.05, 3.63) is 34.3 Å². The molecular formula is C16H22BrNO. The van der Waals surface area contributed by atoms with Crippen LogP contribution < -0.4 is 0 Å². The summed E-state index contributed by atoms with van der Waals surface area (Å²) in [5.74, 6) is 1.06. The fraction of sp³-hybridized carbons (Fsp3) is 0.562. The van der Waals surface area contributed by atoms with E-state index < -0.39 is 0 Å². The zero-order chi connectivity index (χ0) is 13.7. The molecular weight excluding hydrogens is 302 g/mol. The van der Waals surface area contributed by atoms with Crippen LogP contribution >= 0.6 is 15.9 Å². The van der Waals surface area contributed by atoms with Gasteiger partial charge in [0, 0.05) is 24.5 Å². The lowest BCUT2D eigenvalue weighted by atomic mass is 10.0. The molecule has 1 saturated carbocycles. The smallest absolute Gasteiger partial charge is 0.222 e. The van der Waals surface area contributed by atoms with Crippen molar-refractivity contribution < 1.29 is 4.79 Å². The van der Waals surface area contributed by atoms with Gasteiger partial charge in [-0.05, 0) is 24.0 Å². The van der Waals surface area contributed by atoms with Gasteiger partial charge >= 0.3 is 0 Å². The first kappa shape index (κ1) is 14.6. The molecule has 1 aromatic carbocycles. The average molecular weight is 324 g/mol. The van der Waals surface area contributed by atoms with Gasteiger partial charge in [0.1, 0.15) is 0 Å². The molecule has 0 aromatic heterocycles. The molecule has 1 amide bonds. The number of amides is 1. The van der Waals surface area contributed by atoms with Crippen molar-refractivity contribution in [3.63, 3.8) is 0 Å². The summed E-state index contributed by atoms with van der Waals surface area (Å²) in [5, 5.41) is 0. The van der Waals surface area contributed by atoms with Crippen molar-refractivity contribution in [3.8, 4) is 0 Å². The lowest BCUT2D eigenvalue weighted by molar-refractivity contribution is -0.130. The quantitative estimate of drug-likeness (QED) is 0.787. The number of carbonyl (C=O) groups excluding carboxylic acids is 1. The second kappa shape index (κ2) is 7.09. The van der Waals surface area contributed by atoms with E-state index >= 15 is 0 Å². The third-order valence-electron chi connectivity index (χ3n) is 4.03. The molecule has 3 heteroatoms. The second-order valence-electron chi connectivity index (χ2n) is 5.53. The molecule has 104 valence electrons. The molecule has 0 spiro atoms. The van der Waals surface area contributed by atoms with Crippen molar-refractivity contribution in [2.45, 2.75) is 45.1 Å². The van der Waals surface area contributed by atoms with Crippen LogP contribution in [0.4, 0.5) is 0 Å². The van der Waals surface area contributed by atoms with E-state index in [1.54, 1.807) is 0 Å². The molecule has 0 saturated heterocycles. The van der Waals surface area contributed by atoms with Gasteiger partial charge in [-0.1, -0.05) is 59.8 Å². The van der Waals surface area contributed by atoms with E-state index in [-0.39, 0.29) is 5.91 Å². The summed E-state index contributed by atoms with van der Waals surface area (Å²) in [6.45, 7) is 0.685. The van der Waals surface area contributed by atoms with Gasteiger partial charge in [0.15, 0.2) is 0 Å². The molecule has 1 aliphatic rings. The summed E-state index contributed by atoms with van der Waals surface area (Å²) in [6, 6.07) is 8.09. The first-order valence-corrected chi connectivity index (χ1v) is 7.93. The minimum Gasteiger partial charge on any atom is -0.341 e. The van der Waals surface area contributed by atoms with E-state index in [0.717, 1.165) is 16.8 Å². The van der Waals surface area contributed by atoms with Crippen molar-refractivity contribution in [2.75, 3.05) is 7.05 Å². The molecule has 0 heterocycles. The number of rotatable bonds is 5. The number of nitrogens with zero attached hydrogens (tertiary/aromatic N) is 1. The third kappa shape index (κ3) is 4.34. The monoisotopic (exact) mass is 323 g/mol. The lowest BCUT2D eigenvalue weighted by Crippen LogP contribution is -2.26. The highest BCUT2D eigenvalue weighted by atomic mass is 79.9. The standard InChI is InChI=1S/C16H22BrNO/c1-18(12-14-8-4-5-9-15(14)17)16(19)11-10-13-6-2-3-7-13/h4-5,8-9,13H,2-3,6-7,10-12H2,1H3. The Morgan fingerprint density at radius 2 is 2.00 bits per heavy atom. The van der Waals surface area contributed by atoms with Crippen LogP contribution in [-0.2, 0) is 11.3 Å². The molecule has 0 aliphatic heterocycles. The molecule has 19 heavy (non-hydrogen) atoms. The Morgan fingerprint density at radius 3 is 2.68 bits per heavy atom. The van der Waals surface area contributed by atoms with Crippen molar-refractivity contribution >= 4 is 21.8 Å². The van der Waals surface area contributed by atoms with Crippen molar-refractivity contribution in [2.24, 2.45) is 5.92 Å². The van der Waals surface area contributed by atoms with Crippen LogP contribution in [0.15, 0.2) is 28.7 Å². The highest BCUT2D eigenvalue weighted by Crippen LogP contribution is 2.28. The van der Waals surface area contributed by atoms with Gasteiger partial charge in [-0.3, -0.25) is 4.79 Å². The van der Waals surface area contributed by atoms with Crippen LogP contribution in [0.3, 0.4) is 0 Å². The van der Waals surface area contributed by atoms with Crippen LogP contribution in [0.5, 0.6) is 0 Å². The zero-order valence-electron chi connectivity index (χ0n) is 11.6. The van der Waals surface area contributed by atoms with Gasteiger partial charge in [-0.25, -0.2) is 0 Å². The van der Waals surface area contributed by atoms with Crippen LogP contribution in [0.25, 0.3) is 0 Å². The molecule has 2 rings (SSSR count). The Bertz CT molecular complexity index is 427. The fourth-order valence-corrected chi connectivity index (χ4v) is 3.20. The molecule has 0 atom stereocenters. The predicted octanol–water partition coefficient (Wildman–Crippen LogP) is 4.38. The molecule has 0 unspecified atom stereocenters. The molecule has 0 N–H and O–H groups in total. The number of hydrogen-bond acceptors (Lipinski definition) is 1. The summed E-state index contributed by atoms with van der Waals surface area (Å²) >= 11 is 3.53. The van der Waals surface area contributed by atoms with Gasteiger partial charge in [0.25, 0.3) is 0 Å². The zero-order valence-corrected chi connectivity index (χ0v) is 13.2. The first-order chi connectivity index (χ1) is 9.16. The Hall–Kier alpha value is -0.830. The van der Waals surface area contributed by atoms with Crippen LogP contribution in [-0.4, -0.2) is 17.9 Å². The maximum Gasteiger partial charge on any atom is 0.222 e. The van der Waals surface area contributed by atoms with E-state index in [2.05, 4.69) is 22.0 Å². The fourth-order valence-electron chi connectivity index (χ4n) is 2.79. The molecule has 0 bridgehead atoms. The number of carbonyl (C=O) groups is 1. The summed E-state index contributed by atoms with van der Waals surface area (Å²) in [7, 11) is 1.90. The van der Waals surface area contributed by atoms with E-state index in [4.69, 9.17) is 0 Å². The van der Waals surface area contributed by atoms with Crippen LogP contribution in [0.2, 0.25) is 0 Å². The van der Waals surface area contributed by atoms with Gasteiger partial charge in [-0.15, -0.1) is 0 Å². The van der Waals surface area contributed by atoms with E-state index in [0.29, 0.717) is 13.0 Å². The normalized spacial score (nSPS) is 15.7. The van der Waals surface area contributed by atoms with Gasteiger partial charge in [0.05, 0.1) is 0 Å². The van der Waals surface area contributed by atoms with E-state index in [1.165, 1.54) is 31.2 Å². The van der Waals surface area contributed by atoms with Crippen LogP contribution in [0, 0.1) is 5.92 Å². The topological polar surface area (TPSA) is 20.3 Å². The van der Waals surface area contributed by atoms with E-state index in [9.17, 15) is 4.79 Å². The van der Waals surface area contributed by atoms with Gasteiger partial charge in [-0.2, -0.15) is 0 Å². The number of halogens is 1. The number of hydrogen-bond donors (Lipinski definition) is 0. The molecule has 1 fully saturated rings. The Morgan fingerprint density at radius 1 is 1.32 bits per heavy atom. The van der Waals surface area contributed by atoms with Crippen molar-refractivity contribution in [1.82, 2.24) is 4.90 Å². The SMILES string of the molecule is CN(Cc1ccccc1Br)C(=O)CCC1CCCC1. The lowest BCUT2D eigenvalue weighted by Gasteiger charge is -2.19. The van der Waals surface area contributed by atoms with Crippen LogP contribution in [0.1, 0.15) is 44.1 Å². The molecule has 1 aliphatic carbocycles. The predicted molar refractivity (Wildman–Crippen MR) is 81.8 cm³/mol. The van der Waals surface area contributed by atoms with Gasteiger partial charge < -0.3 is 4.90 Å². The summed E-state index contributed by atoms with van der Waals surface area (Å²) in [6.07, 6.45) is 7.12. The summed E-state index contributed by atoms with van der Waals surface area (Å²) < 4.78 is 1.07. The molecule has 0 radical (unpaired) electrons. The average Bonchev–Trinajstić information content (AvgIpc) is 2.91.